The zero-order chi connectivity index (χ0) is 26.9. The van der Waals surface area contributed by atoms with E-state index in [2.05, 4.69) is 44.2 Å². The minimum atomic E-state index is -1.47. The number of nitrogens with zero attached hydrogens (tertiary/aromatic N) is 1. The summed E-state index contributed by atoms with van der Waals surface area (Å²) in [5.41, 5.74) is 5.15. The van der Waals surface area contributed by atoms with Gasteiger partial charge in [-0.05, 0) is 67.3 Å². The van der Waals surface area contributed by atoms with Gasteiger partial charge in [0.15, 0.2) is 12.4 Å². The number of aryl methyl sites for hydroxylation is 2. The Kier molecular flexibility index (Phi) is 6.87. The Morgan fingerprint density at radius 3 is 2.53 bits per heavy atom. The molecule has 1 N–H and O–H groups in total. The van der Waals surface area contributed by atoms with Crippen molar-refractivity contribution in [2.75, 3.05) is 0 Å². The number of aliphatic hydroxyl groups is 1. The average Bonchev–Trinajstić information content (AvgIpc) is 3.33. The first-order valence-corrected chi connectivity index (χ1v) is 12.8. The summed E-state index contributed by atoms with van der Waals surface area (Å²) in [4.78, 5) is 13.4. The first-order valence-electron chi connectivity index (χ1n) is 12.8. The first-order chi connectivity index (χ1) is 18.2. The van der Waals surface area contributed by atoms with Crippen molar-refractivity contribution in [2.45, 2.75) is 45.1 Å². The standard InChI is InChI=1S/C33H31NO4/c1-22-11-13-29(23(2)16-22)30(25-8-5-4-6-9-25)20-28(35)18-24-12-14-31-26(17-24)19-32(38-31)33(3,36)27-10-7-15-34(37)21-27/h4-17,19,21,30,36H,18,20H2,1-3H3/t30-,33?/m0/s1. The molecule has 38 heavy (non-hydrogen) atoms. The van der Waals surface area contributed by atoms with Crippen LogP contribution >= 0.6 is 0 Å². The molecule has 0 saturated carbocycles. The minimum absolute atomic E-state index is 0.0155. The van der Waals surface area contributed by atoms with Crippen molar-refractivity contribution in [3.05, 3.63) is 142 Å². The van der Waals surface area contributed by atoms with Crippen LogP contribution in [-0.2, 0) is 16.8 Å². The van der Waals surface area contributed by atoms with Gasteiger partial charge in [0, 0.05) is 30.2 Å². The summed E-state index contributed by atoms with van der Waals surface area (Å²) < 4.78 is 6.59. The smallest absolute Gasteiger partial charge is 0.186 e. The number of furan rings is 1. The lowest BCUT2D eigenvalue weighted by atomic mass is 9.83. The quantitative estimate of drug-likeness (QED) is 0.199. The first kappa shape index (κ1) is 25.4. The normalized spacial score (nSPS) is 13.8. The molecule has 2 aromatic heterocycles. The molecular formula is C33H31NO4. The third-order valence-electron chi connectivity index (χ3n) is 7.23. The van der Waals surface area contributed by atoms with Crippen LogP contribution in [0.25, 0.3) is 11.0 Å². The SMILES string of the molecule is Cc1ccc([C@@H](CC(=O)Cc2ccc3oc(C(C)(O)c4ccc[n+]([O-])c4)cc3c2)c2ccccc2)c(C)c1. The van der Waals surface area contributed by atoms with E-state index < -0.39 is 5.60 Å². The van der Waals surface area contributed by atoms with Crippen LogP contribution in [0.4, 0.5) is 0 Å². The van der Waals surface area contributed by atoms with Crippen LogP contribution in [0.1, 0.15) is 58.4 Å². The van der Waals surface area contributed by atoms with Gasteiger partial charge in [0.05, 0.1) is 5.56 Å². The van der Waals surface area contributed by atoms with Gasteiger partial charge in [-0.15, -0.1) is 0 Å². The van der Waals surface area contributed by atoms with Gasteiger partial charge in [0.1, 0.15) is 22.7 Å². The highest BCUT2D eigenvalue weighted by Crippen LogP contribution is 2.34. The van der Waals surface area contributed by atoms with E-state index >= 15 is 0 Å². The highest BCUT2D eigenvalue weighted by molar-refractivity contribution is 5.85. The van der Waals surface area contributed by atoms with E-state index in [1.165, 1.54) is 29.1 Å². The number of hydrogen-bond donors (Lipinski definition) is 1. The fourth-order valence-electron chi connectivity index (χ4n) is 5.16. The van der Waals surface area contributed by atoms with Crippen molar-refractivity contribution in [3.63, 3.8) is 0 Å². The molecule has 0 radical (unpaired) electrons. The van der Waals surface area contributed by atoms with Crippen molar-refractivity contribution in [1.29, 1.82) is 0 Å². The molecule has 5 rings (SSSR count). The number of benzene rings is 3. The van der Waals surface area contributed by atoms with Crippen molar-refractivity contribution >= 4 is 16.8 Å². The van der Waals surface area contributed by atoms with Crippen molar-refractivity contribution in [2.24, 2.45) is 0 Å². The third kappa shape index (κ3) is 5.24. The lowest BCUT2D eigenvalue weighted by molar-refractivity contribution is -0.606. The van der Waals surface area contributed by atoms with Gasteiger partial charge in [-0.1, -0.05) is 60.2 Å². The van der Waals surface area contributed by atoms with Gasteiger partial charge in [0.25, 0.3) is 0 Å². The lowest BCUT2D eigenvalue weighted by Gasteiger charge is -2.20. The van der Waals surface area contributed by atoms with Crippen molar-refractivity contribution in [3.8, 4) is 0 Å². The summed E-state index contributed by atoms with van der Waals surface area (Å²) in [6, 6.07) is 27.3. The highest BCUT2D eigenvalue weighted by Gasteiger charge is 2.32. The number of aromatic nitrogens is 1. The summed E-state index contributed by atoms with van der Waals surface area (Å²) in [5.74, 6) is 0.470. The maximum absolute atomic E-state index is 13.4. The number of rotatable bonds is 8. The maximum atomic E-state index is 13.4. The summed E-state index contributed by atoms with van der Waals surface area (Å²) >= 11 is 0. The Labute approximate surface area is 222 Å². The van der Waals surface area contributed by atoms with Crippen LogP contribution in [0.5, 0.6) is 0 Å². The molecule has 192 valence electrons. The van der Waals surface area contributed by atoms with Crippen molar-refractivity contribution in [1.82, 2.24) is 0 Å². The molecule has 0 aliphatic carbocycles. The molecular weight excluding hydrogens is 474 g/mol. The predicted molar refractivity (Wildman–Crippen MR) is 148 cm³/mol. The molecule has 0 bridgehead atoms. The largest absolute Gasteiger partial charge is 0.619 e. The van der Waals surface area contributed by atoms with Crippen LogP contribution in [0.3, 0.4) is 0 Å². The fraction of sp³-hybridized carbons (Fsp3) is 0.212. The Morgan fingerprint density at radius 2 is 1.79 bits per heavy atom. The molecule has 0 aliphatic heterocycles. The van der Waals surface area contributed by atoms with Crippen LogP contribution in [0, 0.1) is 19.1 Å². The van der Waals surface area contributed by atoms with Gasteiger partial charge < -0.3 is 14.7 Å². The number of carbonyl (C=O) groups excluding carboxylic acids is 1. The second-order valence-corrected chi connectivity index (χ2v) is 10.3. The topological polar surface area (TPSA) is 77.4 Å². The van der Waals surface area contributed by atoms with Crippen LogP contribution < -0.4 is 4.73 Å². The molecule has 5 nitrogen and oxygen atoms in total. The van der Waals surface area contributed by atoms with Gasteiger partial charge >= 0.3 is 0 Å². The van der Waals surface area contributed by atoms with Crippen molar-refractivity contribution < 1.29 is 19.0 Å². The molecule has 0 fully saturated rings. The molecule has 1 unspecified atom stereocenters. The van der Waals surface area contributed by atoms with Gasteiger partial charge in [-0.25, -0.2) is 0 Å². The highest BCUT2D eigenvalue weighted by atomic mass is 16.5. The summed E-state index contributed by atoms with van der Waals surface area (Å²) in [6.45, 7) is 5.78. The van der Waals surface area contributed by atoms with Gasteiger partial charge in [0.2, 0.25) is 0 Å². The predicted octanol–water partition coefficient (Wildman–Crippen LogP) is 6.27. The summed E-state index contributed by atoms with van der Waals surface area (Å²) in [5, 5.41) is 23.7. The van der Waals surface area contributed by atoms with E-state index in [-0.39, 0.29) is 11.7 Å². The second kappa shape index (κ2) is 10.3. The molecule has 5 aromatic rings. The molecule has 0 aliphatic rings. The third-order valence-corrected chi connectivity index (χ3v) is 7.23. The molecule has 2 heterocycles. The molecule has 0 spiro atoms. The Bertz CT molecular complexity index is 1600. The van der Waals surface area contributed by atoms with Crippen LogP contribution in [-0.4, -0.2) is 10.9 Å². The Hall–Kier alpha value is -4.22. The fourth-order valence-corrected chi connectivity index (χ4v) is 5.16. The van der Waals surface area contributed by atoms with Crippen LogP contribution in [0.15, 0.2) is 102 Å². The molecule has 0 amide bonds. The number of fused-ring (bicyclic) bond motifs is 1. The Morgan fingerprint density at radius 1 is 1.00 bits per heavy atom. The maximum Gasteiger partial charge on any atom is 0.186 e. The second-order valence-electron chi connectivity index (χ2n) is 10.3. The number of Topliss-reactive ketones (excluding diaryl/α,β-unsaturated/α-hetero) is 1. The number of ketones is 1. The van der Waals surface area contributed by atoms with E-state index in [0.29, 0.717) is 34.5 Å². The van der Waals surface area contributed by atoms with E-state index in [0.717, 1.165) is 16.5 Å². The average molecular weight is 506 g/mol. The molecule has 0 saturated heterocycles. The van der Waals surface area contributed by atoms with E-state index in [1.807, 2.05) is 36.4 Å². The molecule has 5 heteroatoms. The zero-order valence-corrected chi connectivity index (χ0v) is 21.8. The summed E-state index contributed by atoms with van der Waals surface area (Å²) in [6.07, 6.45) is 3.40. The monoisotopic (exact) mass is 505 g/mol. The number of pyridine rings is 1. The Balaban J connectivity index is 1.39. The van der Waals surface area contributed by atoms with Gasteiger partial charge in [-0.2, -0.15) is 4.73 Å². The van der Waals surface area contributed by atoms with E-state index in [1.54, 1.807) is 25.1 Å². The summed E-state index contributed by atoms with van der Waals surface area (Å²) in [7, 11) is 0. The number of hydrogen-bond acceptors (Lipinski definition) is 4. The van der Waals surface area contributed by atoms with Crippen LogP contribution in [0.2, 0.25) is 0 Å². The lowest BCUT2D eigenvalue weighted by Crippen LogP contribution is -2.30. The molecule has 3 aromatic carbocycles. The van der Waals surface area contributed by atoms with Gasteiger partial charge in [-0.3, -0.25) is 4.79 Å². The van der Waals surface area contributed by atoms with E-state index in [4.69, 9.17) is 4.42 Å². The van der Waals surface area contributed by atoms with E-state index in [9.17, 15) is 15.1 Å². The number of carbonyl (C=O) groups is 1. The minimum Gasteiger partial charge on any atom is -0.619 e. The molecule has 2 atom stereocenters. The zero-order valence-electron chi connectivity index (χ0n) is 21.8.